The van der Waals surface area contributed by atoms with Crippen LogP contribution in [0.3, 0.4) is 0 Å². The normalized spacial score (nSPS) is 38.6. The second-order valence-electron chi connectivity index (χ2n) is 7.64. The van der Waals surface area contributed by atoms with Crippen molar-refractivity contribution in [2.45, 2.75) is 65.1 Å². The van der Waals surface area contributed by atoms with Gasteiger partial charge in [0.05, 0.1) is 17.1 Å². The predicted octanol–water partition coefficient (Wildman–Crippen LogP) is 2.77. The number of morpholine rings is 1. The van der Waals surface area contributed by atoms with Crippen LogP contribution in [0.1, 0.15) is 53.4 Å². The summed E-state index contributed by atoms with van der Waals surface area (Å²) in [6.07, 6.45) is 4.01. The number of rotatable bonds is 3. The Morgan fingerprint density at radius 1 is 1.40 bits per heavy atom. The molecule has 1 aliphatic heterocycles. The highest BCUT2D eigenvalue weighted by Crippen LogP contribution is 2.41. The van der Waals surface area contributed by atoms with Crippen molar-refractivity contribution in [1.29, 1.82) is 0 Å². The highest BCUT2D eigenvalue weighted by molar-refractivity contribution is 5.75. The second-order valence-corrected chi connectivity index (χ2v) is 7.64. The Balaban J connectivity index is 2.10. The van der Waals surface area contributed by atoms with E-state index in [9.17, 15) is 9.90 Å². The molecule has 1 aliphatic carbocycles. The molecule has 20 heavy (non-hydrogen) atoms. The molecule has 0 spiro atoms. The first-order chi connectivity index (χ1) is 9.22. The van der Waals surface area contributed by atoms with Gasteiger partial charge in [0.15, 0.2) is 0 Å². The number of hydrogen-bond donors (Lipinski definition) is 1. The molecule has 0 amide bonds. The molecule has 1 saturated carbocycles. The van der Waals surface area contributed by atoms with E-state index in [1.165, 1.54) is 6.42 Å². The van der Waals surface area contributed by atoms with Crippen LogP contribution in [0, 0.1) is 11.3 Å². The number of ether oxygens (including phenoxy) is 1. The van der Waals surface area contributed by atoms with Crippen LogP contribution in [0.2, 0.25) is 0 Å². The van der Waals surface area contributed by atoms with Crippen molar-refractivity contribution < 1.29 is 14.6 Å². The third kappa shape index (κ3) is 3.53. The van der Waals surface area contributed by atoms with E-state index in [1.54, 1.807) is 0 Å². The number of hydrogen-bond acceptors (Lipinski definition) is 3. The fourth-order valence-electron chi connectivity index (χ4n) is 4.20. The van der Waals surface area contributed by atoms with Gasteiger partial charge in [-0.05, 0) is 39.5 Å². The van der Waals surface area contributed by atoms with Gasteiger partial charge in [-0.15, -0.1) is 0 Å². The Bertz CT molecular complexity index is 369. The summed E-state index contributed by atoms with van der Waals surface area (Å²) >= 11 is 0. The molecule has 0 aromatic heterocycles. The monoisotopic (exact) mass is 283 g/mol. The van der Waals surface area contributed by atoms with E-state index >= 15 is 0 Å². The SMILES string of the molecule is CC1CCCC(CN2CC(C)OC(C)(C)C2)(C(=O)O)C1. The lowest BCUT2D eigenvalue weighted by Crippen LogP contribution is -2.56. The minimum atomic E-state index is -0.610. The maximum absolute atomic E-state index is 11.9. The third-order valence-corrected chi connectivity index (χ3v) is 4.71. The lowest BCUT2D eigenvalue weighted by atomic mass is 9.69. The standard InChI is InChI=1S/C16H29NO3/c1-12-6-5-7-16(8-12,14(18)19)11-17-9-13(2)20-15(3,4)10-17/h12-13H,5-11H2,1-4H3,(H,18,19). The van der Waals surface area contributed by atoms with Crippen molar-refractivity contribution in [2.24, 2.45) is 11.3 Å². The minimum Gasteiger partial charge on any atom is -0.481 e. The first kappa shape index (κ1) is 15.8. The molecule has 0 radical (unpaired) electrons. The fourth-order valence-corrected chi connectivity index (χ4v) is 4.20. The van der Waals surface area contributed by atoms with Crippen LogP contribution in [0.5, 0.6) is 0 Å². The van der Waals surface area contributed by atoms with Gasteiger partial charge in [-0.25, -0.2) is 0 Å². The summed E-state index contributed by atoms with van der Waals surface area (Å²) in [6, 6.07) is 0. The van der Waals surface area contributed by atoms with Crippen LogP contribution in [0.25, 0.3) is 0 Å². The molecular formula is C16H29NO3. The van der Waals surface area contributed by atoms with E-state index in [0.717, 1.165) is 32.4 Å². The summed E-state index contributed by atoms with van der Waals surface area (Å²) in [5.41, 5.74) is -0.734. The highest BCUT2D eigenvalue weighted by atomic mass is 16.5. The van der Waals surface area contributed by atoms with Crippen molar-refractivity contribution in [1.82, 2.24) is 4.90 Å². The molecule has 2 rings (SSSR count). The first-order valence-electron chi connectivity index (χ1n) is 7.86. The fraction of sp³-hybridized carbons (Fsp3) is 0.938. The van der Waals surface area contributed by atoms with Crippen molar-refractivity contribution in [3.8, 4) is 0 Å². The second kappa shape index (κ2) is 5.64. The molecule has 1 heterocycles. The van der Waals surface area contributed by atoms with Gasteiger partial charge in [0.1, 0.15) is 0 Å². The van der Waals surface area contributed by atoms with E-state index in [2.05, 4.69) is 32.6 Å². The van der Waals surface area contributed by atoms with E-state index < -0.39 is 11.4 Å². The lowest BCUT2D eigenvalue weighted by molar-refractivity contribution is -0.162. The Kier molecular flexibility index (Phi) is 4.45. The number of nitrogens with zero attached hydrogens (tertiary/aromatic N) is 1. The quantitative estimate of drug-likeness (QED) is 0.865. The highest BCUT2D eigenvalue weighted by Gasteiger charge is 2.45. The van der Waals surface area contributed by atoms with Gasteiger partial charge in [-0.3, -0.25) is 9.69 Å². The van der Waals surface area contributed by atoms with Crippen LogP contribution in [0.15, 0.2) is 0 Å². The Morgan fingerprint density at radius 3 is 2.65 bits per heavy atom. The summed E-state index contributed by atoms with van der Waals surface area (Å²) in [7, 11) is 0. The summed E-state index contributed by atoms with van der Waals surface area (Å²) in [5.74, 6) is -0.0904. The van der Waals surface area contributed by atoms with E-state index in [1.807, 2.05) is 0 Å². The molecule has 2 aliphatic rings. The molecule has 116 valence electrons. The van der Waals surface area contributed by atoms with Gasteiger partial charge in [0.25, 0.3) is 0 Å². The number of carboxylic acids is 1. The maximum atomic E-state index is 11.9. The molecule has 4 nitrogen and oxygen atoms in total. The van der Waals surface area contributed by atoms with E-state index in [4.69, 9.17) is 4.74 Å². The molecule has 3 unspecified atom stereocenters. The zero-order valence-corrected chi connectivity index (χ0v) is 13.3. The van der Waals surface area contributed by atoms with Crippen LogP contribution >= 0.6 is 0 Å². The lowest BCUT2D eigenvalue weighted by Gasteiger charge is -2.46. The summed E-state index contributed by atoms with van der Waals surface area (Å²) in [4.78, 5) is 14.2. The molecule has 1 saturated heterocycles. The van der Waals surface area contributed by atoms with Crippen molar-refractivity contribution in [2.75, 3.05) is 19.6 Å². The number of aliphatic carboxylic acids is 1. The summed E-state index contributed by atoms with van der Waals surface area (Å²) < 4.78 is 5.92. The molecule has 0 bridgehead atoms. The van der Waals surface area contributed by atoms with Crippen molar-refractivity contribution >= 4 is 5.97 Å². The van der Waals surface area contributed by atoms with Gasteiger partial charge in [0, 0.05) is 19.6 Å². The maximum Gasteiger partial charge on any atom is 0.310 e. The Hall–Kier alpha value is -0.610. The smallest absolute Gasteiger partial charge is 0.310 e. The van der Waals surface area contributed by atoms with Gasteiger partial charge in [0.2, 0.25) is 0 Å². The van der Waals surface area contributed by atoms with Crippen LogP contribution < -0.4 is 0 Å². The first-order valence-corrected chi connectivity index (χ1v) is 7.86. The Morgan fingerprint density at radius 2 is 2.10 bits per heavy atom. The van der Waals surface area contributed by atoms with Crippen molar-refractivity contribution in [3.05, 3.63) is 0 Å². The largest absolute Gasteiger partial charge is 0.481 e. The third-order valence-electron chi connectivity index (χ3n) is 4.71. The van der Waals surface area contributed by atoms with Gasteiger partial charge in [-0.1, -0.05) is 19.8 Å². The Labute approximate surface area is 122 Å². The van der Waals surface area contributed by atoms with Crippen LogP contribution in [0.4, 0.5) is 0 Å². The zero-order valence-electron chi connectivity index (χ0n) is 13.3. The predicted molar refractivity (Wildman–Crippen MR) is 78.8 cm³/mol. The molecule has 3 atom stereocenters. The van der Waals surface area contributed by atoms with Crippen LogP contribution in [-0.2, 0) is 9.53 Å². The molecule has 0 aromatic rings. The number of carboxylic acid groups (broad SMARTS) is 1. The molecule has 1 N–H and O–H groups in total. The van der Waals surface area contributed by atoms with E-state index in [-0.39, 0.29) is 11.7 Å². The average molecular weight is 283 g/mol. The summed E-state index contributed by atoms with van der Waals surface area (Å²) in [6.45, 7) is 10.8. The van der Waals surface area contributed by atoms with E-state index in [0.29, 0.717) is 12.5 Å². The molecular weight excluding hydrogens is 254 g/mol. The van der Waals surface area contributed by atoms with Crippen LogP contribution in [-0.4, -0.2) is 47.3 Å². The number of carbonyl (C=O) groups is 1. The summed E-state index contributed by atoms with van der Waals surface area (Å²) in [5, 5.41) is 9.78. The zero-order chi connectivity index (χ0) is 15.0. The van der Waals surface area contributed by atoms with Crippen molar-refractivity contribution in [3.63, 3.8) is 0 Å². The minimum absolute atomic E-state index is 0.172. The molecule has 0 aromatic carbocycles. The topological polar surface area (TPSA) is 49.8 Å². The van der Waals surface area contributed by atoms with Gasteiger partial charge in [-0.2, -0.15) is 0 Å². The van der Waals surface area contributed by atoms with Gasteiger partial charge < -0.3 is 9.84 Å². The molecule has 2 fully saturated rings. The average Bonchev–Trinajstić information content (AvgIpc) is 2.25. The van der Waals surface area contributed by atoms with Gasteiger partial charge >= 0.3 is 5.97 Å². The molecule has 4 heteroatoms.